The molecule has 2 aromatic rings. The van der Waals surface area contributed by atoms with Gasteiger partial charge in [0.05, 0.1) is 0 Å². The average Bonchev–Trinajstić information content (AvgIpc) is 2.76. The first-order valence-corrected chi connectivity index (χ1v) is 5.66. The molecule has 0 aliphatic rings. The number of fused-ring (bicyclic) bond motifs is 1. The lowest BCUT2D eigenvalue weighted by atomic mass is 10.1. The van der Waals surface area contributed by atoms with Crippen LogP contribution in [0.1, 0.15) is 12.0 Å². The smallest absolute Gasteiger partial charge is 0.0474 e. The molecule has 0 saturated carbocycles. The van der Waals surface area contributed by atoms with E-state index in [1.165, 1.54) is 16.5 Å². The topological polar surface area (TPSA) is 37.0 Å². The van der Waals surface area contributed by atoms with Crippen LogP contribution in [-0.4, -0.2) is 25.2 Å². The molecule has 1 heterocycles. The first-order valence-electron chi connectivity index (χ1n) is 5.66. The summed E-state index contributed by atoms with van der Waals surface area (Å²) < 4.78 is 5.00. The van der Waals surface area contributed by atoms with Crippen LogP contribution in [0.4, 0.5) is 0 Å². The van der Waals surface area contributed by atoms with Gasteiger partial charge >= 0.3 is 0 Å². The number of rotatable bonds is 6. The molecule has 2 rings (SSSR count). The molecule has 0 aliphatic carbocycles. The van der Waals surface area contributed by atoms with E-state index in [1.54, 1.807) is 7.11 Å². The molecular weight excluding hydrogens is 200 g/mol. The van der Waals surface area contributed by atoms with Gasteiger partial charge in [0.1, 0.15) is 0 Å². The fourth-order valence-corrected chi connectivity index (χ4v) is 1.79. The van der Waals surface area contributed by atoms with Crippen LogP contribution in [0.3, 0.4) is 0 Å². The largest absolute Gasteiger partial charge is 0.385 e. The van der Waals surface area contributed by atoms with Crippen LogP contribution in [-0.2, 0) is 11.3 Å². The van der Waals surface area contributed by atoms with Crippen LogP contribution in [0.25, 0.3) is 10.9 Å². The minimum Gasteiger partial charge on any atom is -0.385 e. The molecule has 0 radical (unpaired) electrons. The molecule has 0 saturated heterocycles. The predicted molar refractivity (Wildman–Crippen MR) is 66.5 cm³/mol. The molecule has 16 heavy (non-hydrogen) atoms. The van der Waals surface area contributed by atoms with Gasteiger partial charge in [0.25, 0.3) is 0 Å². The third-order valence-corrected chi connectivity index (χ3v) is 2.65. The highest BCUT2D eigenvalue weighted by Crippen LogP contribution is 2.13. The molecule has 3 nitrogen and oxygen atoms in total. The Labute approximate surface area is 95.8 Å². The molecule has 1 aromatic heterocycles. The summed E-state index contributed by atoms with van der Waals surface area (Å²) in [7, 11) is 1.74. The monoisotopic (exact) mass is 218 g/mol. The van der Waals surface area contributed by atoms with Crippen LogP contribution in [0.15, 0.2) is 30.5 Å². The second kappa shape index (κ2) is 5.68. The molecule has 0 fully saturated rings. The van der Waals surface area contributed by atoms with E-state index < -0.39 is 0 Å². The number of aromatic amines is 1. The van der Waals surface area contributed by atoms with Gasteiger partial charge in [-0.05, 0) is 42.1 Å². The number of benzene rings is 1. The van der Waals surface area contributed by atoms with Crippen molar-refractivity contribution in [1.82, 2.24) is 10.3 Å². The number of nitrogens with one attached hydrogen (secondary N) is 2. The molecule has 0 atom stereocenters. The van der Waals surface area contributed by atoms with Gasteiger partial charge in [0.2, 0.25) is 0 Å². The summed E-state index contributed by atoms with van der Waals surface area (Å²) in [5, 5.41) is 4.68. The van der Waals surface area contributed by atoms with Gasteiger partial charge in [-0.3, -0.25) is 0 Å². The number of ether oxygens (including phenoxy) is 1. The lowest BCUT2D eigenvalue weighted by Gasteiger charge is -2.04. The minimum absolute atomic E-state index is 0.823. The van der Waals surface area contributed by atoms with E-state index in [1.807, 2.05) is 6.20 Å². The Kier molecular flexibility index (Phi) is 3.97. The lowest BCUT2D eigenvalue weighted by Crippen LogP contribution is -2.15. The summed E-state index contributed by atoms with van der Waals surface area (Å²) in [6.07, 6.45) is 3.03. The van der Waals surface area contributed by atoms with Gasteiger partial charge in [-0.1, -0.05) is 6.07 Å². The second-order valence-corrected chi connectivity index (χ2v) is 3.92. The predicted octanol–water partition coefficient (Wildman–Crippen LogP) is 2.29. The number of hydrogen-bond donors (Lipinski definition) is 2. The van der Waals surface area contributed by atoms with Crippen LogP contribution >= 0.6 is 0 Å². The summed E-state index contributed by atoms with van der Waals surface area (Å²) in [4.78, 5) is 3.19. The van der Waals surface area contributed by atoms with Gasteiger partial charge < -0.3 is 15.0 Å². The zero-order valence-corrected chi connectivity index (χ0v) is 9.62. The Balaban J connectivity index is 1.84. The third-order valence-electron chi connectivity index (χ3n) is 2.65. The van der Waals surface area contributed by atoms with E-state index in [-0.39, 0.29) is 0 Å². The third kappa shape index (κ3) is 2.84. The van der Waals surface area contributed by atoms with Crippen LogP contribution < -0.4 is 5.32 Å². The Morgan fingerprint density at radius 3 is 3.12 bits per heavy atom. The zero-order valence-electron chi connectivity index (χ0n) is 9.62. The highest BCUT2D eigenvalue weighted by molar-refractivity contribution is 5.79. The number of methoxy groups -OCH3 is 1. The molecular formula is C13H18N2O. The van der Waals surface area contributed by atoms with Crippen molar-refractivity contribution in [3.8, 4) is 0 Å². The van der Waals surface area contributed by atoms with Crippen molar-refractivity contribution in [2.45, 2.75) is 13.0 Å². The highest BCUT2D eigenvalue weighted by atomic mass is 16.5. The van der Waals surface area contributed by atoms with E-state index in [0.29, 0.717) is 0 Å². The Hall–Kier alpha value is -1.32. The van der Waals surface area contributed by atoms with Gasteiger partial charge in [-0.15, -0.1) is 0 Å². The van der Waals surface area contributed by atoms with E-state index in [9.17, 15) is 0 Å². The molecule has 0 aliphatic heterocycles. The van der Waals surface area contributed by atoms with E-state index in [0.717, 1.165) is 26.1 Å². The van der Waals surface area contributed by atoms with Crippen molar-refractivity contribution in [1.29, 1.82) is 0 Å². The van der Waals surface area contributed by atoms with E-state index >= 15 is 0 Å². The SMILES string of the molecule is COCCCNCc1ccc2[nH]ccc2c1. The Morgan fingerprint density at radius 2 is 2.25 bits per heavy atom. The van der Waals surface area contributed by atoms with Gasteiger partial charge in [0, 0.05) is 32.0 Å². The van der Waals surface area contributed by atoms with Gasteiger partial charge in [-0.2, -0.15) is 0 Å². The maximum absolute atomic E-state index is 5.00. The van der Waals surface area contributed by atoms with Crippen LogP contribution in [0.2, 0.25) is 0 Å². The molecule has 2 N–H and O–H groups in total. The Morgan fingerprint density at radius 1 is 1.31 bits per heavy atom. The van der Waals surface area contributed by atoms with Crippen molar-refractivity contribution >= 4 is 10.9 Å². The molecule has 0 amide bonds. The maximum Gasteiger partial charge on any atom is 0.0474 e. The fraction of sp³-hybridized carbons (Fsp3) is 0.385. The standard InChI is InChI=1S/C13H18N2O/c1-16-8-2-6-14-10-11-3-4-13-12(9-11)5-7-15-13/h3-5,7,9,14-15H,2,6,8,10H2,1H3. The average molecular weight is 218 g/mol. The fourth-order valence-electron chi connectivity index (χ4n) is 1.79. The quantitative estimate of drug-likeness (QED) is 0.730. The summed E-state index contributed by atoms with van der Waals surface area (Å²) in [6, 6.07) is 8.60. The molecule has 3 heteroatoms. The number of aromatic nitrogens is 1. The van der Waals surface area contributed by atoms with Crippen LogP contribution in [0, 0.1) is 0 Å². The molecule has 0 unspecified atom stereocenters. The van der Waals surface area contributed by atoms with Crippen molar-refractivity contribution in [3.63, 3.8) is 0 Å². The van der Waals surface area contributed by atoms with Gasteiger partial charge in [-0.25, -0.2) is 0 Å². The van der Waals surface area contributed by atoms with E-state index in [2.05, 4.69) is 34.6 Å². The van der Waals surface area contributed by atoms with Crippen molar-refractivity contribution in [2.24, 2.45) is 0 Å². The number of H-pyrrole nitrogens is 1. The first kappa shape index (κ1) is 11.2. The minimum atomic E-state index is 0.823. The summed E-state index contributed by atoms with van der Waals surface area (Å²) in [6.45, 7) is 2.74. The van der Waals surface area contributed by atoms with Crippen molar-refractivity contribution < 1.29 is 4.74 Å². The first-order chi connectivity index (χ1) is 7.90. The highest BCUT2D eigenvalue weighted by Gasteiger charge is 1.96. The van der Waals surface area contributed by atoms with E-state index in [4.69, 9.17) is 4.74 Å². The van der Waals surface area contributed by atoms with Crippen molar-refractivity contribution in [2.75, 3.05) is 20.3 Å². The molecule has 0 bridgehead atoms. The van der Waals surface area contributed by atoms with Gasteiger partial charge in [0.15, 0.2) is 0 Å². The zero-order chi connectivity index (χ0) is 11.2. The normalized spacial score (nSPS) is 11.1. The number of hydrogen-bond acceptors (Lipinski definition) is 2. The maximum atomic E-state index is 5.00. The van der Waals surface area contributed by atoms with Crippen LogP contribution in [0.5, 0.6) is 0 Å². The summed E-state index contributed by atoms with van der Waals surface area (Å²) in [5.74, 6) is 0. The lowest BCUT2D eigenvalue weighted by molar-refractivity contribution is 0.194. The molecule has 0 spiro atoms. The summed E-state index contributed by atoms with van der Waals surface area (Å²) in [5.41, 5.74) is 2.52. The molecule has 1 aromatic carbocycles. The summed E-state index contributed by atoms with van der Waals surface area (Å²) >= 11 is 0. The molecule has 86 valence electrons. The second-order valence-electron chi connectivity index (χ2n) is 3.92. The van der Waals surface area contributed by atoms with Crippen molar-refractivity contribution in [3.05, 3.63) is 36.0 Å². The Bertz CT molecular complexity index is 436.